The van der Waals surface area contributed by atoms with Crippen LogP contribution in [0.4, 0.5) is 0 Å². The summed E-state index contributed by atoms with van der Waals surface area (Å²) in [5.74, 6) is 0.923. The van der Waals surface area contributed by atoms with Crippen molar-refractivity contribution < 1.29 is 23.8 Å². The first-order valence-electron chi connectivity index (χ1n) is 13.5. The number of carboxylic acid groups (broad SMARTS) is 1. The monoisotopic (exact) mass is 538 g/mol. The van der Waals surface area contributed by atoms with Crippen molar-refractivity contribution in [1.82, 2.24) is 10.3 Å². The zero-order valence-electron chi connectivity index (χ0n) is 22.8. The van der Waals surface area contributed by atoms with Crippen LogP contribution in [0.25, 0.3) is 11.5 Å². The number of nitrogens with one attached hydrogen (secondary N) is 1. The van der Waals surface area contributed by atoms with Gasteiger partial charge in [-0.2, -0.15) is 0 Å². The number of ether oxygens (including phenoxy) is 1. The predicted molar refractivity (Wildman–Crippen MR) is 154 cm³/mol. The van der Waals surface area contributed by atoms with Crippen LogP contribution in [-0.2, 0) is 17.6 Å². The molecular formula is C33H34N2O5. The molecule has 1 atom stereocenters. The summed E-state index contributed by atoms with van der Waals surface area (Å²) in [5.41, 5.74) is 3.81. The highest BCUT2D eigenvalue weighted by Gasteiger charge is 2.19. The minimum absolute atomic E-state index is 0.153. The summed E-state index contributed by atoms with van der Waals surface area (Å²) in [7, 11) is 0. The normalized spacial score (nSPS) is 12.1. The highest BCUT2D eigenvalue weighted by molar-refractivity contribution is 6.04. The number of allylic oxidation sites excluding steroid dienone is 2. The molecule has 0 radical (unpaired) electrons. The number of carboxylic acids is 1. The number of nitrogens with zero attached hydrogens (tertiary/aromatic N) is 1. The third kappa shape index (κ3) is 7.93. The Bertz CT molecular complexity index is 1430. The lowest BCUT2D eigenvalue weighted by molar-refractivity contribution is -0.139. The number of carbonyl (C=O) groups excluding carboxylic acids is 1. The van der Waals surface area contributed by atoms with E-state index in [9.17, 15) is 14.7 Å². The summed E-state index contributed by atoms with van der Waals surface area (Å²) in [6.07, 6.45) is 3.72. The van der Waals surface area contributed by atoms with Gasteiger partial charge in [0.2, 0.25) is 5.89 Å². The standard InChI is InChI=1S/C33H34N2O5/c1-3-10-27(22-31(36)25-11-6-4-7-12-25)34-30(33(37)38)21-24-15-17-28(18-16-24)39-20-19-29-23(2)40-32(35-29)26-13-8-5-9-14-26/h4-9,11-18,22,30,34H,3,10,19-21H2,1-2H3,(H,37,38)/b27-22-/t30-/m0/s1. The molecule has 0 aliphatic rings. The van der Waals surface area contributed by atoms with E-state index in [2.05, 4.69) is 10.3 Å². The number of oxazole rings is 1. The van der Waals surface area contributed by atoms with Crippen LogP contribution < -0.4 is 10.1 Å². The minimum atomic E-state index is -0.979. The van der Waals surface area contributed by atoms with Crippen LogP contribution in [0.15, 0.2) is 101 Å². The third-order valence-electron chi connectivity index (χ3n) is 6.42. The predicted octanol–water partition coefficient (Wildman–Crippen LogP) is 6.42. The molecule has 0 bridgehead atoms. The number of aromatic nitrogens is 1. The minimum Gasteiger partial charge on any atom is -0.493 e. The average Bonchev–Trinajstić information content (AvgIpc) is 3.34. The lowest BCUT2D eigenvalue weighted by atomic mass is 10.0. The van der Waals surface area contributed by atoms with E-state index in [1.54, 1.807) is 24.3 Å². The Hall–Kier alpha value is -4.65. The number of aliphatic carboxylic acids is 1. The molecule has 3 aromatic carbocycles. The number of aryl methyl sites for hydroxylation is 1. The van der Waals surface area contributed by atoms with Gasteiger partial charge in [-0.05, 0) is 43.2 Å². The van der Waals surface area contributed by atoms with Crippen molar-refractivity contribution in [2.45, 2.75) is 45.6 Å². The van der Waals surface area contributed by atoms with Gasteiger partial charge in [-0.15, -0.1) is 0 Å². The summed E-state index contributed by atoms with van der Waals surface area (Å²) in [5, 5.41) is 12.9. The highest BCUT2D eigenvalue weighted by atomic mass is 16.5. The first-order valence-corrected chi connectivity index (χ1v) is 13.5. The molecule has 1 heterocycles. The smallest absolute Gasteiger partial charge is 0.326 e. The van der Waals surface area contributed by atoms with E-state index in [4.69, 9.17) is 9.15 Å². The molecule has 4 rings (SSSR count). The molecule has 0 spiro atoms. The summed E-state index contributed by atoms with van der Waals surface area (Å²) in [6.45, 7) is 4.32. The Labute approximate surface area is 234 Å². The molecule has 0 unspecified atom stereocenters. The van der Waals surface area contributed by atoms with Crippen LogP contribution in [0.3, 0.4) is 0 Å². The Balaban J connectivity index is 1.33. The van der Waals surface area contributed by atoms with Gasteiger partial charge in [-0.3, -0.25) is 4.79 Å². The number of carbonyl (C=O) groups is 2. The molecule has 0 aliphatic heterocycles. The summed E-state index contributed by atoms with van der Waals surface area (Å²) in [4.78, 5) is 29.3. The lowest BCUT2D eigenvalue weighted by Crippen LogP contribution is -2.38. The van der Waals surface area contributed by atoms with Gasteiger partial charge >= 0.3 is 5.97 Å². The van der Waals surface area contributed by atoms with E-state index >= 15 is 0 Å². The van der Waals surface area contributed by atoms with Crippen molar-refractivity contribution >= 4 is 11.8 Å². The number of benzene rings is 3. The molecule has 0 fully saturated rings. The van der Waals surface area contributed by atoms with Crippen molar-refractivity contribution in [3.63, 3.8) is 0 Å². The van der Waals surface area contributed by atoms with Gasteiger partial charge < -0.3 is 19.6 Å². The maximum absolute atomic E-state index is 12.7. The van der Waals surface area contributed by atoms with Crippen molar-refractivity contribution in [1.29, 1.82) is 0 Å². The first-order chi connectivity index (χ1) is 19.4. The van der Waals surface area contributed by atoms with Gasteiger partial charge in [0.25, 0.3) is 0 Å². The molecular weight excluding hydrogens is 504 g/mol. The van der Waals surface area contributed by atoms with Crippen LogP contribution in [0, 0.1) is 6.92 Å². The SMILES string of the molecule is CCC/C(=C/C(=O)c1ccccc1)N[C@@H](Cc1ccc(OCCc2nc(-c3ccccc3)oc2C)cc1)C(=O)O. The summed E-state index contributed by atoms with van der Waals surface area (Å²) in [6, 6.07) is 25.2. The van der Waals surface area contributed by atoms with Crippen LogP contribution >= 0.6 is 0 Å². The molecule has 4 aromatic rings. The molecule has 1 aromatic heterocycles. The van der Waals surface area contributed by atoms with Crippen molar-refractivity contribution in [3.05, 3.63) is 119 Å². The van der Waals surface area contributed by atoms with Gasteiger partial charge in [0.15, 0.2) is 5.78 Å². The highest BCUT2D eigenvalue weighted by Crippen LogP contribution is 2.22. The number of hydrogen-bond donors (Lipinski definition) is 2. The van der Waals surface area contributed by atoms with Gasteiger partial charge in [0.1, 0.15) is 17.6 Å². The molecule has 7 heteroatoms. The zero-order chi connectivity index (χ0) is 28.3. The van der Waals surface area contributed by atoms with Gasteiger partial charge in [0, 0.05) is 35.7 Å². The zero-order valence-corrected chi connectivity index (χ0v) is 22.8. The molecule has 0 saturated carbocycles. The van der Waals surface area contributed by atoms with Crippen molar-refractivity contribution in [2.75, 3.05) is 6.61 Å². The topological polar surface area (TPSA) is 102 Å². The molecule has 40 heavy (non-hydrogen) atoms. The fraction of sp³-hybridized carbons (Fsp3) is 0.242. The largest absolute Gasteiger partial charge is 0.493 e. The molecule has 0 amide bonds. The maximum atomic E-state index is 12.7. The Morgan fingerprint density at radius 3 is 2.33 bits per heavy atom. The molecule has 0 saturated heterocycles. The molecule has 0 aliphatic carbocycles. The first kappa shape index (κ1) is 28.4. The van der Waals surface area contributed by atoms with E-state index in [0.29, 0.717) is 42.3 Å². The fourth-order valence-electron chi connectivity index (χ4n) is 4.31. The second-order valence-electron chi connectivity index (χ2n) is 9.52. The fourth-order valence-corrected chi connectivity index (χ4v) is 4.31. The lowest BCUT2D eigenvalue weighted by Gasteiger charge is -2.18. The maximum Gasteiger partial charge on any atom is 0.326 e. The van der Waals surface area contributed by atoms with Crippen LogP contribution in [0.1, 0.15) is 47.1 Å². The van der Waals surface area contributed by atoms with E-state index in [0.717, 1.165) is 29.0 Å². The van der Waals surface area contributed by atoms with Gasteiger partial charge in [0.05, 0.1) is 12.3 Å². The Morgan fingerprint density at radius 2 is 1.68 bits per heavy atom. The molecule has 7 nitrogen and oxygen atoms in total. The molecule has 206 valence electrons. The number of ketones is 1. The van der Waals surface area contributed by atoms with Crippen LogP contribution in [0.5, 0.6) is 5.75 Å². The van der Waals surface area contributed by atoms with E-state index in [1.807, 2.05) is 74.5 Å². The number of rotatable bonds is 14. The van der Waals surface area contributed by atoms with E-state index in [-0.39, 0.29) is 12.2 Å². The number of hydrogen-bond acceptors (Lipinski definition) is 6. The van der Waals surface area contributed by atoms with E-state index in [1.165, 1.54) is 6.08 Å². The van der Waals surface area contributed by atoms with Crippen LogP contribution in [-0.4, -0.2) is 34.5 Å². The Morgan fingerprint density at radius 1 is 1.00 bits per heavy atom. The second-order valence-corrected chi connectivity index (χ2v) is 9.52. The molecule has 2 N–H and O–H groups in total. The Kier molecular flexibility index (Phi) is 9.88. The van der Waals surface area contributed by atoms with Gasteiger partial charge in [-0.25, -0.2) is 9.78 Å². The summed E-state index contributed by atoms with van der Waals surface area (Å²) < 4.78 is 11.7. The van der Waals surface area contributed by atoms with Gasteiger partial charge in [-0.1, -0.05) is 74.0 Å². The van der Waals surface area contributed by atoms with E-state index < -0.39 is 12.0 Å². The average molecular weight is 539 g/mol. The van der Waals surface area contributed by atoms with Crippen LogP contribution in [0.2, 0.25) is 0 Å². The van der Waals surface area contributed by atoms with Crippen molar-refractivity contribution in [2.24, 2.45) is 0 Å². The quantitative estimate of drug-likeness (QED) is 0.141. The summed E-state index contributed by atoms with van der Waals surface area (Å²) >= 11 is 0. The second kappa shape index (κ2) is 13.9. The van der Waals surface area contributed by atoms with Crippen molar-refractivity contribution in [3.8, 4) is 17.2 Å². The third-order valence-corrected chi connectivity index (χ3v) is 6.42.